The summed E-state index contributed by atoms with van der Waals surface area (Å²) in [5.74, 6) is 5.53. The predicted molar refractivity (Wildman–Crippen MR) is 73.8 cm³/mol. The Morgan fingerprint density at radius 3 is 2.70 bits per heavy atom. The number of hydrogen-bond acceptors (Lipinski definition) is 5. The molecule has 1 atom stereocenters. The molecule has 0 aliphatic rings. The molecule has 0 aliphatic carbocycles. The normalized spacial score (nSPS) is 12.2. The topological polar surface area (TPSA) is 73.1 Å². The minimum absolute atomic E-state index is 0.334. The molecule has 7 heteroatoms. The molecule has 1 heterocycles. The summed E-state index contributed by atoms with van der Waals surface area (Å²) in [4.78, 5) is 0. The van der Waals surface area contributed by atoms with Crippen molar-refractivity contribution in [3.05, 3.63) is 52.4 Å². The van der Waals surface area contributed by atoms with Gasteiger partial charge in [0.05, 0.1) is 18.8 Å². The van der Waals surface area contributed by atoms with E-state index in [4.69, 9.17) is 22.2 Å². The fraction of sp³-hybridized carbons (Fsp3) is 0.231. The second-order valence-corrected chi connectivity index (χ2v) is 4.60. The summed E-state index contributed by atoms with van der Waals surface area (Å²) >= 11 is 5.72. The third-order valence-electron chi connectivity index (χ3n) is 2.87. The van der Waals surface area contributed by atoms with Crippen molar-refractivity contribution in [3.63, 3.8) is 0 Å². The van der Waals surface area contributed by atoms with Crippen LogP contribution in [0.2, 0.25) is 5.02 Å². The Labute approximate surface area is 120 Å². The van der Waals surface area contributed by atoms with Crippen LogP contribution in [0, 0.1) is 5.82 Å². The van der Waals surface area contributed by atoms with Gasteiger partial charge in [-0.1, -0.05) is 17.7 Å². The minimum atomic E-state index is -0.376. The van der Waals surface area contributed by atoms with E-state index in [1.165, 1.54) is 13.2 Å². The van der Waals surface area contributed by atoms with Crippen LogP contribution < -0.4 is 16.0 Å². The summed E-state index contributed by atoms with van der Waals surface area (Å²) in [5, 5.41) is 8.21. The number of nitrogens with two attached hydrogens (primary N) is 1. The van der Waals surface area contributed by atoms with Crippen LogP contribution in [-0.2, 0) is 6.42 Å². The van der Waals surface area contributed by atoms with Gasteiger partial charge in [0.15, 0.2) is 0 Å². The SMILES string of the molecule is COc1ccc(C(Cc2ccc(Cl)cc2F)NN)nn1. The van der Waals surface area contributed by atoms with Gasteiger partial charge in [-0.2, -0.15) is 5.10 Å². The number of methoxy groups -OCH3 is 1. The monoisotopic (exact) mass is 296 g/mol. The van der Waals surface area contributed by atoms with Crippen LogP contribution in [-0.4, -0.2) is 17.3 Å². The number of halogens is 2. The molecule has 0 saturated carbocycles. The first kappa shape index (κ1) is 14.6. The lowest BCUT2D eigenvalue weighted by Crippen LogP contribution is -2.30. The van der Waals surface area contributed by atoms with E-state index < -0.39 is 0 Å². The number of nitrogens with one attached hydrogen (secondary N) is 1. The van der Waals surface area contributed by atoms with Crippen LogP contribution >= 0.6 is 11.6 Å². The van der Waals surface area contributed by atoms with Crippen LogP contribution in [0.3, 0.4) is 0 Å². The zero-order chi connectivity index (χ0) is 14.5. The van der Waals surface area contributed by atoms with Gasteiger partial charge in [0.2, 0.25) is 5.88 Å². The van der Waals surface area contributed by atoms with Crippen molar-refractivity contribution in [2.24, 2.45) is 5.84 Å². The van der Waals surface area contributed by atoms with Gasteiger partial charge in [-0.25, -0.2) is 4.39 Å². The van der Waals surface area contributed by atoms with E-state index in [2.05, 4.69) is 15.6 Å². The largest absolute Gasteiger partial charge is 0.480 e. The Bertz CT molecular complexity index is 579. The van der Waals surface area contributed by atoms with Gasteiger partial charge in [-0.05, 0) is 30.2 Å². The minimum Gasteiger partial charge on any atom is -0.480 e. The van der Waals surface area contributed by atoms with Crippen molar-refractivity contribution >= 4 is 11.6 Å². The van der Waals surface area contributed by atoms with Gasteiger partial charge in [0.25, 0.3) is 0 Å². The van der Waals surface area contributed by atoms with Crippen molar-refractivity contribution in [2.45, 2.75) is 12.5 Å². The number of hydrogen-bond donors (Lipinski definition) is 2. The van der Waals surface area contributed by atoms with Gasteiger partial charge in [-0.3, -0.25) is 11.3 Å². The Morgan fingerprint density at radius 2 is 2.15 bits per heavy atom. The first-order chi connectivity index (χ1) is 9.63. The van der Waals surface area contributed by atoms with Crippen LogP contribution in [0.25, 0.3) is 0 Å². The second-order valence-electron chi connectivity index (χ2n) is 4.16. The maximum absolute atomic E-state index is 13.8. The zero-order valence-corrected chi connectivity index (χ0v) is 11.6. The second kappa shape index (κ2) is 6.60. The lowest BCUT2D eigenvalue weighted by atomic mass is 10.0. The van der Waals surface area contributed by atoms with E-state index in [1.807, 2.05) is 0 Å². The molecule has 1 aromatic carbocycles. The van der Waals surface area contributed by atoms with Crippen LogP contribution in [0.15, 0.2) is 30.3 Å². The smallest absolute Gasteiger partial charge is 0.233 e. The summed E-state index contributed by atoms with van der Waals surface area (Å²) in [5.41, 5.74) is 3.70. The molecular formula is C13H14ClFN4O. The molecule has 1 aromatic heterocycles. The predicted octanol–water partition coefficient (Wildman–Crippen LogP) is 2.02. The molecule has 0 bridgehead atoms. The molecule has 5 nitrogen and oxygen atoms in total. The van der Waals surface area contributed by atoms with E-state index in [1.54, 1.807) is 24.3 Å². The molecule has 2 rings (SSSR count). The number of aromatic nitrogens is 2. The summed E-state index contributed by atoms with van der Waals surface area (Å²) in [6.45, 7) is 0. The fourth-order valence-corrected chi connectivity index (χ4v) is 1.94. The molecular weight excluding hydrogens is 283 g/mol. The van der Waals surface area contributed by atoms with Crippen molar-refractivity contribution in [1.29, 1.82) is 0 Å². The van der Waals surface area contributed by atoms with E-state index >= 15 is 0 Å². The Kier molecular flexibility index (Phi) is 4.84. The van der Waals surface area contributed by atoms with E-state index in [0.717, 1.165) is 0 Å². The molecule has 0 aliphatic heterocycles. The van der Waals surface area contributed by atoms with Crippen LogP contribution in [0.5, 0.6) is 5.88 Å². The van der Waals surface area contributed by atoms with E-state index in [-0.39, 0.29) is 11.9 Å². The Balaban J connectivity index is 2.19. The molecule has 2 aromatic rings. The Morgan fingerprint density at radius 1 is 1.35 bits per heavy atom. The highest BCUT2D eigenvalue weighted by Crippen LogP contribution is 2.21. The maximum atomic E-state index is 13.8. The summed E-state index contributed by atoms with van der Waals surface area (Å²) in [7, 11) is 1.51. The lowest BCUT2D eigenvalue weighted by Gasteiger charge is -2.15. The summed E-state index contributed by atoms with van der Waals surface area (Å²) < 4.78 is 18.7. The maximum Gasteiger partial charge on any atom is 0.233 e. The van der Waals surface area contributed by atoms with Gasteiger partial charge >= 0.3 is 0 Å². The third-order valence-corrected chi connectivity index (χ3v) is 3.10. The number of hydrazine groups is 1. The Hall–Kier alpha value is -1.76. The number of benzene rings is 1. The van der Waals surface area contributed by atoms with Gasteiger partial charge in [-0.15, -0.1) is 5.10 Å². The molecule has 0 saturated heterocycles. The first-order valence-corrected chi connectivity index (χ1v) is 6.29. The molecule has 0 fully saturated rings. The molecule has 106 valence electrons. The molecule has 20 heavy (non-hydrogen) atoms. The fourth-order valence-electron chi connectivity index (χ4n) is 1.78. The van der Waals surface area contributed by atoms with Crippen molar-refractivity contribution in [2.75, 3.05) is 7.11 Å². The third kappa shape index (κ3) is 3.41. The van der Waals surface area contributed by atoms with Crippen molar-refractivity contribution in [3.8, 4) is 5.88 Å². The van der Waals surface area contributed by atoms with Gasteiger partial charge in [0, 0.05) is 11.1 Å². The number of nitrogens with zero attached hydrogens (tertiary/aromatic N) is 2. The highest BCUT2D eigenvalue weighted by Gasteiger charge is 2.15. The highest BCUT2D eigenvalue weighted by atomic mass is 35.5. The van der Waals surface area contributed by atoms with E-state index in [9.17, 15) is 4.39 Å². The molecule has 0 radical (unpaired) electrons. The average Bonchev–Trinajstić information content (AvgIpc) is 2.47. The number of rotatable bonds is 5. The van der Waals surface area contributed by atoms with Gasteiger partial charge < -0.3 is 4.74 Å². The van der Waals surface area contributed by atoms with Crippen LogP contribution in [0.1, 0.15) is 17.3 Å². The lowest BCUT2D eigenvalue weighted by molar-refractivity contribution is 0.389. The highest BCUT2D eigenvalue weighted by molar-refractivity contribution is 6.30. The van der Waals surface area contributed by atoms with Gasteiger partial charge in [0.1, 0.15) is 5.82 Å². The molecule has 0 spiro atoms. The first-order valence-electron chi connectivity index (χ1n) is 5.91. The molecule has 1 unspecified atom stereocenters. The number of ether oxygens (including phenoxy) is 1. The quantitative estimate of drug-likeness (QED) is 0.652. The summed E-state index contributed by atoms with van der Waals surface area (Å²) in [6, 6.07) is 7.56. The van der Waals surface area contributed by atoms with Crippen molar-refractivity contribution in [1.82, 2.24) is 15.6 Å². The molecule has 0 amide bonds. The summed E-state index contributed by atoms with van der Waals surface area (Å²) in [6.07, 6.45) is 0.334. The van der Waals surface area contributed by atoms with Crippen molar-refractivity contribution < 1.29 is 9.13 Å². The average molecular weight is 297 g/mol. The van der Waals surface area contributed by atoms with Crippen LogP contribution in [0.4, 0.5) is 4.39 Å². The zero-order valence-electron chi connectivity index (χ0n) is 10.8. The standard InChI is InChI=1S/C13H14ClFN4O/c1-20-13-5-4-11(18-19-13)12(17-16)6-8-2-3-9(14)7-10(8)15/h2-5,7,12,17H,6,16H2,1H3. The molecule has 3 N–H and O–H groups in total. The van der Waals surface area contributed by atoms with E-state index in [0.29, 0.717) is 28.6 Å².